The number of fused-ring (bicyclic) bond motifs is 1. The lowest BCUT2D eigenvalue weighted by molar-refractivity contribution is -0.119. The summed E-state index contributed by atoms with van der Waals surface area (Å²) in [6, 6.07) is 4.60. The number of hydrogen-bond donors (Lipinski definition) is 0. The number of nitrogens with zero attached hydrogens (tertiary/aromatic N) is 1. The third kappa shape index (κ3) is 3.65. The molecular formula is C18H27NO2. The number of rotatable bonds is 7. The van der Waals surface area contributed by atoms with Gasteiger partial charge in [-0.1, -0.05) is 32.8 Å². The lowest BCUT2D eigenvalue weighted by Gasteiger charge is -2.30. The van der Waals surface area contributed by atoms with Crippen LogP contribution < -0.4 is 4.90 Å². The first kappa shape index (κ1) is 16.0. The quantitative estimate of drug-likeness (QED) is 0.768. The fourth-order valence-corrected chi connectivity index (χ4v) is 3.12. The van der Waals surface area contributed by atoms with Crippen LogP contribution in [0.5, 0.6) is 0 Å². The third-order valence-corrected chi connectivity index (χ3v) is 4.16. The highest BCUT2D eigenvalue weighted by Gasteiger charge is 2.25. The van der Waals surface area contributed by atoms with Crippen molar-refractivity contribution in [1.29, 1.82) is 0 Å². The van der Waals surface area contributed by atoms with Gasteiger partial charge in [-0.05, 0) is 42.0 Å². The van der Waals surface area contributed by atoms with Gasteiger partial charge in [0.05, 0.1) is 6.61 Å². The zero-order valence-electron chi connectivity index (χ0n) is 13.6. The number of ether oxygens (including phenoxy) is 1. The van der Waals surface area contributed by atoms with Gasteiger partial charge in [-0.15, -0.1) is 0 Å². The van der Waals surface area contributed by atoms with E-state index in [1.165, 1.54) is 23.1 Å². The van der Waals surface area contributed by atoms with Crippen LogP contribution in [0.3, 0.4) is 0 Å². The van der Waals surface area contributed by atoms with Crippen LogP contribution in [0.1, 0.15) is 49.8 Å². The predicted molar refractivity (Wildman–Crippen MR) is 87.0 cm³/mol. The number of benzene rings is 1. The molecule has 0 spiro atoms. The van der Waals surface area contributed by atoms with E-state index in [4.69, 9.17) is 4.74 Å². The normalized spacial score (nSPS) is 14.4. The number of anilines is 1. The van der Waals surface area contributed by atoms with E-state index in [-0.39, 0.29) is 5.91 Å². The Bertz CT molecular complexity index is 496. The van der Waals surface area contributed by atoms with Crippen molar-refractivity contribution in [3.8, 4) is 0 Å². The van der Waals surface area contributed by atoms with Crippen molar-refractivity contribution in [3.63, 3.8) is 0 Å². The van der Waals surface area contributed by atoms with Crippen molar-refractivity contribution in [2.75, 3.05) is 25.2 Å². The maximum atomic E-state index is 12.2. The van der Waals surface area contributed by atoms with E-state index in [1.54, 1.807) is 7.11 Å². The summed E-state index contributed by atoms with van der Waals surface area (Å²) in [4.78, 5) is 14.1. The summed E-state index contributed by atoms with van der Waals surface area (Å²) in [5.41, 5.74) is 5.33. The van der Waals surface area contributed by atoms with Gasteiger partial charge in [0.15, 0.2) is 0 Å². The monoisotopic (exact) mass is 289 g/mol. The molecule has 1 aliphatic rings. The Labute approximate surface area is 128 Å². The second-order valence-corrected chi connectivity index (χ2v) is 5.79. The third-order valence-electron chi connectivity index (χ3n) is 4.16. The van der Waals surface area contributed by atoms with Crippen molar-refractivity contribution in [1.82, 2.24) is 0 Å². The molecule has 2 rings (SSSR count). The zero-order valence-corrected chi connectivity index (χ0v) is 13.6. The van der Waals surface area contributed by atoms with Gasteiger partial charge in [-0.25, -0.2) is 0 Å². The Balaban J connectivity index is 2.38. The molecular weight excluding hydrogens is 262 g/mol. The number of amides is 1. The first-order chi connectivity index (χ1) is 10.2. The van der Waals surface area contributed by atoms with E-state index in [9.17, 15) is 4.79 Å². The molecule has 116 valence electrons. The van der Waals surface area contributed by atoms with Crippen LogP contribution >= 0.6 is 0 Å². The molecule has 0 saturated carbocycles. The molecule has 3 heteroatoms. The Morgan fingerprint density at radius 3 is 2.38 bits per heavy atom. The van der Waals surface area contributed by atoms with Crippen LogP contribution in [0.25, 0.3) is 0 Å². The van der Waals surface area contributed by atoms with Crippen LogP contribution in [0.2, 0.25) is 0 Å². The largest absolute Gasteiger partial charge is 0.383 e. The van der Waals surface area contributed by atoms with E-state index in [1.807, 2.05) is 4.90 Å². The Kier molecular flexibility index (Phi) is 5.80. The molecule has 1 aromatic carbocycles. The summed E-state index contributed by atoms with van der Waals surface area (Å²) in [5.74, 6) is 0.227. The molecule has 1 aliphatic heterocycles. The molecule has 3 nitrogen and oxygen atoms in total. The molecule has 0 atom stereocenters. The summed E-state index contributed by atoms with van der Waals surface area (Å²) >= 11 is 0. The minimum atomic E-state index is 0.227. The highest BCUT2D eigenvalue weighted by molar-refractivity contribution is 5.96. The number of carbonyl (C=O) groups is 1. The van der Waals surface area contributed by atoms with Crippen LogP contribution in [0, 0.1) is 0 Å². The maximum absolute atomic E-state index is 12.2. The average Bonchev–Trinajstić information content (AvgIpc) is 2.48. The van der Waals surface area contributed by atoms with Gasteiger partial charge in [0, 0.05) is 25.8 Å². The number of hydrogen-bond acceptors (Lipinski definition) is 2. The van der Waals surface area contributed by atoms with Crippen LogP contribution in [0.15, 0.2) is 12.1 Å². The predicted octanol–water partition coefficient (Wildman–Crippen LogP) is 3.52. The van der Waals surface area contributed by atoms with E-state index >= 15 is 0 Å². The van der Waals surface area contributed by atoms with Gasteiger partial charge in [-0.2, -0.15) is 0 Å². The van der Waals surface area contributed by atoms with E-state index in [0.717, 1.165) is 31.4 Å². The van der Waals surface area contributed by atoms with Crippen LogP contribution in [-0.4, -0.2) is 26.2 Å². The fraction of sp³-hybridized carbons (Fsp3) is 0.611. The molecule has 0 aliphatic carbocycles. The molecule has 1 heterocycles. The first-order valence-electron chi connectivity index (χ1n) is 8.15. The Hall–Kier alpha value is -1.35. The summed E-state index contributed by atoms with van der Waals surface area (Å²) in [6.45, 7) is 5.68. The second-order valence-electron chi connectivity index (χ2n) is 5.79. The van der Waals surface area contributed by atoms with Gasteiger partial charge in [0.2, 0.25) is 5.91 Å². The van der Waals surface area contributed by atoms with E-state index in [0.29, 0.717) is 19.6 Å². The van der Waals surface area contributed by atoms with Crippen LogP contribution in [0.4, 0.5) is 5.69 Å². The van der Waals surface area contributed by atoms with Gasteiger partial charge in [-0.3, -0.25) is 4.79 Å². The lowest BCUT2D eigenvalue weighted by atomic mass is 9.91. The smallest absolute Gasteiger partial charge is 0.227 e. The van der Waals surface area contributed by atoms with Crippen molar-refractivity contribution < 1.29 is 9.53 Å². The van der Waals surface area contributed by atoms with E-state index in [2.05, 4.69) is 26.0 Å². The minimum absolute atomic E-state index is 0.227. The minimum Gasteiger partial charge on any atom is -0.383 e. The Morgan fingerprint density at radius 1 is 1.10 bits per heavy atom. The molecule has 0 bridgehead atoms. The number of methoxy groups -OCH3 is 1. The molecule has 0 aromatic heterocycles. The fourth-order valence-electron chi connectivity index (χ4n) is 3.12. The Morgan fingerprint density at radius 2 is 1.76 bits per heavy atom. The average molecular weight is 289 g/mol. The molecule has 0 radical (unpaired) electrons. The van der Waals surface area contributed by atoms with Gasteiger partial charge < -0.3 is 9.64 Å². The summed E-state index contributed by atoms with van der Waals surface area (Å²) < 4.78 is 5.15. The highest BCUT2D eigenvalue weighted by atomic mass is 16.5. The second kappa shape index (κ2) is 7.60. The topological polar surface area (TPSA) is 29.5 Å². The molecule has 0 unspecified atom stereocenters. The summed E-state index contributed by atoms with van der Waals surface area (Å²) in [5, 5.41) is 0. The van der Waals surface area contributed by atoms with E-state index < -0.39 is 0 Å². The van der Waals surface area contributed by atoms with Gasteiger partial charge >= 0.3 is 0 Å². The van der Waals surface area contributed by atoms with Crippen molar-refractivity contribution in [2.24, 2.45) is 0 Å². The molecule has 1 amide bonds. The number of carbonyl (C=O) groups excluding carboxylic acids is 1. The van der Waals surface area contributed by atoms with Crippen molar-refractivity contribution in [2.45, 2.75) is 52.4 Å². The summed E-state index contributed by atoms with van der Waals surface area (Å²) in [7, 11) is 1.68. The lowest BCUT2D eigenvalue weighted by Crippen LogP contribution is -2.37. The molecule has 0 fully saturated rings. The molecule has 1 aromatic rings. The zero-order chi connectivity index (χ0) is 15.2. The van der Waals surface area contributed by atoms with Crippen LogP contribution in [-0.2, 0) is 28.8 Å². The molecule has 21 heavy (non-hydrogen) atoms. The molecule has 0 saturated heterocycles. The van der Waals surface area contributed by atoms with Crippen molar-refractivity contribution >= 4 is 11.6 Å². The van der Waals surface area contributed by atoms with Gasteiger partial charge in [0.1, 0.15) is 0 Å². The standard InChI is InChI=1S/C18H27NO2/c1-4-6-14-12-16-8-9-18(20)19(10-11-21-3)17(16)13-15(14)7-5-2/h12-13H,4-11H2,1-3H3. The summed E-state index contributed by atoms with van der Waals surface area (Å²) in [6.07, 6.45) is 6.03. The molecule has 0 N–H and O–H groups in total. The highest BCUT2D eigenvalue weighted by Crippen LogP contribution is 2.32. The number of aryl methyl sites for hydroxylation is 3. The first-order valence-corrected chi connectivity index (χ1v) is 8.15. The SMILES string of the molecule is CCCc1cc2c(cc1CCC)N(CCOC)C(=O)CC2. The maximum Gasteiger partial charge on any atom is 0.227 e. The van der Waals surface area contributed by atoms with Gasteiger partial charge in [0.25, 0.3) is 0 Å². The van der Waals surface area contributed by atoms with Crippen molar-refractivity contribution in [3.05, 3.63) is 28.8 Å².